The van der Waals surface area contributed by atoms with Crippen LogP contribution in [0.1, 0.15) is 6.42 Å². The Bertz CT molecular complexity index is 524. The number of morpholine rings is 1. The average molecular weight is 283 g/mol. The highest BCUT2D eigenvalue weighted by atomic mass is 16.5. The number of hydrogen-bond donors (Lipinski definition) is 2. The molecule has 1 aromatic heterocycles. The molecule has 0 aliphatic carbocycles. The van der Waals surface area contributed by atoms with Crippen LogP contribution in [0, 0.1) is 0 Å². The van der Waals surface area contributed by atoms with E-state index in [1.54, 1.807) is 6.20 Å². The minimum absolute atomic E-state index is 0.130. The SMILES string of the molecule is O=C(O)CC(O)Cn1ncc(N2CCOCC2)cc1=O. The fraction of sp³-hybridized carbons (Fsp3) is 0.583. The van der Waals surface area contributed by atoms with Crippen molar-refractivity contribution in [2.45, 2.75) is 19.1 Å². The molecular weight excluding hydrogens is 266 g/mol. The van der Waals surface area contributed by atoms with Crippen molar-refractivity contribution in [3.8, 4) is 0 Å². The third-order valence-corrected chi connectivity index (χ3v) is 3.03. The number of rotatable bonds is 5. The molecule has 110 valence electrons. The molecule has 1 aliphatic heterocycles. The van der Waals surface area contributed by atoms with Gasteiger partial charge in [0.2, 0.25) is 0 Å². The molecule has 1 unspecified atom stereocenters. The number of anilines is 1. The van der Waals surface area contributed by atoms with Crippen molar-refractivity contribution < 1.29 is 19.7 Å². The molecule has 1 atom stereocenters. The molecule has 2 heterocycles. The summed E-state index contributed by atoms with van der Waals surface area (Å²) in [6, 6.07) is 1.44. The second-order valence-electron chi connectivity index (χ2n) is 4.59. The average Bonchev–Trinajstić information content (AvgIpc) is 2.41. The lowest BCUT2D eigenvalue weighted by atomic mass is 10.2. The van der Waals surface area contributed by atoms with Crippen molar-refractivity contribution >= 4 is 11.7 Å². The van der Waals surface area contributed by atoms with Gasteiger partial charge in [0.1, 0.15) is 0 Å². The van der Waals surface area contributed by atoms with E-state index in [1.807, 2.05) is 4.90 Å². The zero-order valence-electron chi connectivity index (χ0n) is 10.9. The van der Waals surface area contributed by atoms with E-state index in [2.05, 4.69) is 5.10 Å². The van der Waals surface area contributed by atoms with Crippen molar-refractivity contribution in [2.75, 3.05) is 31.2 Å². The Kier molecular flexibility index (Phi) is 4.70. The molecule has 0 saturated carbocycles. The number of carbonyl (C=O) groups is 1. The van der Waals surface area contributed by atoms with Gasteiger partial charge in [-0.15, -0.1) is 0 Å². The molecule has 8 nitrogen and oxygen atoms in total. The van der Waals surface area contributed by atoms with Gasteiger partial charge in [-0.1, -0.05) is 0 Å². The van der Waals surface area contributed by atoms with Crippen molar-refractivity contribution in [1.82, 2.24) is 9.78 Å². The molecule has 1 aliphatic rings. The molecule has 2 N–H and O–H groups in total. The van der Waals surface area contributed by atoms with E-state index in [4.69, 9.17) is 9.84 Å². The summed E-state index contributed by atoms with van der Waals surface area (Å²) in [7, 11) is 0. The van der Waals surface area contributed by atoms with Gasteiger partial charge in [-0.25, -0.2) is 4.68 Å². The van der Waals surface area contributed by atoms with E-state index in [0.717, 1.165) is 4.68 Å². The first-order chi connectivity index (χ1) is 9.56. The molecule has 1 aromatic rings. The van der Waals surface area contributed by atoms with E-state index < -0.39 is 18.5 Å². The highest BCUT2D eigenvalue weighted by Gasteiger charge is 2.15. The predicted octanol–water partition coefficient (Wildman–Crippen LogP) is -1.08. The first-order valence-electron chi connectivity index (χ1n) is 6.36. The third kappa shape index (κ3) is 3.78. The summed E-state index contributed by atoms with van der Waals surface area (Å²) >= 11 is 0. The smallest absolute Gasteiger partial charge is 0.306 e. The van der Waals surface area contributed by atoms with Crippen LogP contribution in [0.4, 0.5) is 5.69 Å². The zero-order chi connectivity index (χ0) is 14.5. The Hall–Kier alpha value is -1.93. The molecule has 0 radical (unpaired) electrons. The number of aliphatic carboxylic acids is 1. The van der Waals surface area contributed by atoms with E-state index in [9.17, 15) is 14.7 Å². The van der Waals surface area contributed by atoms with Crippen molar-refractivity contribution in [1.29, 1.82) is 0 Å². The normalized spacial score (nSPS) is 16.9. The van der Waals surface area contributed by atoms with Gasteiger partial charge in [-0.2, -0.15) is 5.10 Å². The summed E-state index contributed by atoms with van der Waals surface area (Å²) in [5.74, 6) is -1.12. The Morgan fingerprint density at radius 3 is 2.75 bits per heavy atom. The van der Waals surface area contributed by atoms with Gasteiger partial charge < -0.3 is 19.8 Å². The van der Waals surface area contributed by atoms with Crippen LogP contribution >= 0.6 is 0 Å². The standard InChI is InChI=1S/C12H17N3O5/c16-10(6-12(18)19)8-15-11(17)5-9(7-13-15)14-1-3-20-4-2-14/h5,7,10,16H,1-4,6,8H2,(H,18,19). The van der Waals surface area contributed by atoms with Gasteiger partial charge in [-0.3, -0.25) is 9.59 Å². The molecule has 20 heavy (non-hydrogen) atoms. The summed E-state index contributed by atoms with van der Waals surface area (Å²) in [4.78, 5) is 24.3. The van der Waals surface area contributed by atoms with Crippen molar-refractivity contribution in [3.63, 3.8) is 0 Å². The van der Waals surface area contributed by atoms with Crippen LogP contribution in [-0.4, -0.2) is 58.4 Å². The first-order valence-corrected chi connectivity index (χ1v) is 6.36. The maximum absolute atomic E-state index is 11.9. The van der Waals surface area contributed by atoms with Crippen molar-refractivity contribution in [2.24, 2.45) is 0 Å². The van der Waals surface area contributed by atoms with Crippen LogP contribution in [0.25, 0.3) is 0 Å². The molecule has 0 spiro atoms. The number of aromatic nitrogens is 2. The summed E-state index contributed by atoms with van der Waals surface area (Å²) < 4.78 is 6.30. The molecule has 2 rings (SSSR count). The zero-order valence-corrected chi connectivity index (χ0v) is 10.9. The Labute approximate surface area is 115 Å². The number of hydrogen-bond acceptors (Lipinski definition) is 6. The lowest BCUT2D eigenvalue weighted by Gasteiger charge is -2.28. The quantitative estimate of drug-likeness (QED) is 0.707. The predicted molar refractivity (Wildman–Crippen MR) is 69.8 cm³/mol. The first kappa shape index (κ1) is 14.5. The van der Waals surface area contributed by atoms with Crippen LogP contribution in [0.5, 0.6) is 0 Å². The molecule has 0 aromatic carbocycles. The van der Waals surface area contributed by atoms with Crippen LogP contribution in [-0.2, 0) is 16.1 Å². The summed E-state index contributed by atoms with van der Waals surface area (Å²) in [5.41, 5.74) is 0.348. The number of ether oxygens (including phenoxy) is 1. The van der Waals surface area contributed by atoms with Gasteiger partial charge >= 0.3 is 5.97 Å². The Balaban J connectivity index is 2.05. The number of carboxylic acid groups (broad SMARTS) is 1. The van der Waals surface area contributed by atoms with E-state index in [1.165, 1.54) is 6.07 Å². The summed E-state index contributed by atoms with van der Waals surface area (Å²) in [5, 5.41) is 22.0. The molecular formula is C12H17N3O5. The number of aliphatic hydroxyl groups is 1. The van der Waals surface area contributed by atoms with Gasteiger partial charge in [0.25, 0.3) is 5.56 Å². The van der Waals surface area contributed by atoms with E-state index >= 15 is 0 Å². The lowest BCUT2D eigenvalue weighted by molar-refractivity contribution is -0.139. The largest absolute Gasteiger partial charge is 0.481 e. The third-order valence-electron chi connectivity index (χ3n) is 3.03. The fourth-order valence-electron chi connectivity index (χ4n) is 2.02. The lowest BCUT2D eigenvalue weighted by Crippen LogP contribution is -2.38. The highest BCUT2D eigenvalue weighted by molar-refractivity contribution is 5.67. The van der Waals surface area contributed by atoms with Crippen LogP contribution in [0.15, 0.2) is 17.1 Å². The number of carboxylic acids is 1. The molecule has 0 bridgehead atoms. The molecule has 8 heteroatoms. The van der Waals surface area contributed by atoms with Gasteiger partial charge in [0.05, 0.1) is 44.2 Å². The number of aliphatic hydroxyl groups excluding tert-OH is 1. The van der Waals surface area contributed by atoms with Gasteiger partial charge in [0, 0.05) is 19.2 Å². The fourth-order valence-corrected chi connectivity index (χ4v) is 2.02. The molecule has 1 fully saturated rings. The molecule has 1 saturated heterocycles. The second-order valence-corrected chi connectivity index (χ2v) is 4.59. The van der Waals surface area contributed by atoms with Crippen molar-refractivity contribution in [3.05, 3.63) is 22.6 Å². The minimum Gasteiger partial charge on any atom is -0.481 e. The maximum Gasteiger partial charge on any atom is 0.306 e. The maximum atomic E-state index is 11.9. The minimum atomic E-state index is -1.13. The van der Waals surface area contributed by atoms with Crippen LogP contribution in [0.3, 0.4) is 0 Å². The van der Waals surface area contributed by atoms with Gasteiger partial charge in [0.15, 0.2) is 0 Å². The second kappa shape index (κ2) is 6.49. The van der Waals surface area contributed by atoms with Crippen LogP contribution < -0.4 is 10.5 Å². The Morgan fingerprint density at radius 1 is 1.45 bits per heavy atom. The highest BCUT2D eigenvalue weighted by Crippen LogP contribution is 2.11. The molecule has 0 amide bonds. The van der Waals surface area contributed by atoms with E-state index in [0.29, 0.717) is 32.0 Å². The number of nitrogens with zero attached hydrogens (tertiary/aromatic N) is 3. The van der Waals surface area contributed by atoms with Gasteiger partial charge in [-0.05, 0) is 0 Å². The summed E-state index contributed by atoms with van der Waals surface area (Å²) in [6.45, 7) is 2.49. The monoisotopic (exact) mass is 283 g/mol. The topological polar surface area (TPSA) is 105 Å². The van der Waals surface area contributed by atoms with E-state index in [-0.39, 0.29) is 12.1 Å². The summed E-state index contributed by atoms with van der Waals surface area (Å²) in [6.07, 6.45) is -0.00792. The Morgan fingerprint density at radius 2 is 2.15 bits per heavy atom. The van der Waals surface area contributed by atoms with Crippen LogP contribution in [0.2, 0.25) is 0 Å².